The number of hydrogen-bond acceptors (Lipinski definition) is 1. The van der Waals surface area contributed by atoms with Crippen LogP contribution in [0.2, 0.25) is 0 Å². The molecule has 1 aliphatic rings. The SMILES string of the molecule is Brc1ccc2c(c1)/C(=C/c1c[n]([Tl])cn1)CC2. The van der Waals surface area contributed by atoms with E-state index in [0.29, 0.717) is 0 Å². The molecule has 0 bridgehead atoms. The van der Waals surface area contributed by atoms with Gasteiger partial charge in [-0.2, -0.15) is 0 Å². The number of benzene rings is 1. The molecule has 1 aromatic carbocycles. The van der Waals surface area contributed by atoms with Crippen LogP contribution >= 0.6 is 15.9 Å². The summed E-state index contributed by atoms with van der Waals surface area (Å²) in [6.45, 7) is 0. The number of allylic oxidation sites excluding steroid dienone is 1. The standard InChI is InChI=1S/C13H10BrN2.Tl/c14-11-4-3-9-1-2-10(13(9)6-11)5-12-7-15-8-16-12;/h3-8H,1-2H2;/q-1;+1/b10-5+;. The molecular formula is C13H10BrN2Tl. The van der Waals surface area contributed by atoms with Crippen LogP contribution in [-0.4, -0.2) is 33.4 Å². The van der Waals surface area contributed by atoms with E-state index in [0.717, 1.165) is 49.1 Å². The third-order valence-electron chi connectivity index (χ3n) is 3.03. The first-order valence-electron chi connectivity index (χ1n) is 5.51. The molecule has 3 rings (SSSR count). The second-order valence-electron chi connectivity index (χ2n) is 4.22. The molecule has 0 amide bonds. The molecule has 1 aliphatic carbocycles. The average Bonchev–Trinajstić information content (AvgIpc) is 2.87. The summed E-state index contributed by atoms with van der Waals surface area (Å²) in [7, 11) is 0. The fourth-order valence-corrected chi connectivity index (χ4v) is 3.44. The Balaban J connectivity index is 2.03. The van der Waals surface area contributed by atoms with Crippen LogP contribution in [0, 0.1) is 0 Å². The molecule has 82 valence electrons. The van der Waals surface area contributed by atoms with Crippen LogP contribution in [0.15, 0.2) is 35.2 Å². The number of halogens is 1. The topological polar surface area (TPSA) is 17.8 Å². The van der Waals surface area contributed by atoms with Crippen LogP contribution in [0.4, 0.5) is 0 Å². The van der Waals surface area contributed by atoms with Crippen molar-refractivity contribution < 1.29 is 0 Å². The zero-order valence-corrected chi connectivity index (χ0v) is 15.3. The monoisotopic (exact) mass is 478 g/mol. The first-order chi connectivity index (χ1) is 8.22. The molecule has 0 atom stereocenters. The van der Waals surface area contributed by atoms with E-state index in [2.05, 4.69) is 53.8 Å². The Bertz CT molecular complexity index is 601. The van der Waals surface area contributed by atoms with Crippen molar-refractivity contribution in [2.75, 3.05) is 0 Å². The van der Waals surface area contributed by atoms with Gasteiger partial charge >= 0.3 is 126 Å². The quantitative estimate of drug-likeness (QED) is 0.577. The molecule has 0 N–H and O–H groups in total. The van der Waals surface area contributed by atoms with Crippen molar-refractivity contribution in [1.82, 2.24) is 7.36 Å². The van der Waals surface area contributed by atoms with Gasteiger partial charge in [-0.3, -0.25) is 0 Å². The minimum absolute atomic E-state index is 0.796. The summed E-state index contributed by atoms with van der Waals surface area (Å²) in [5.74, 6) is 0. The number of imidazole rings is 1. The van der Waals surface area contributed by atoms with E-state index in [4.69, 9.17) is 0 Å². The second kappa shape index (κ2) is 4.68. The van der Waals surface area contributed by atoms with Crippen molar-refractivity contribution in [1.29, 1.82) is 0 Å². The molecule has 0 aliphatic heterocycles. The van der Waals surface area contributed by atoms with Crippen molar-refractivity contribution in [3.05, 3.63) is 52.0 Å². The van der Waals surface area contributed by atoms with E-state index in [1.54, 1.807) is 0 Å². The average molecular weight is 479 g/mol. The Morgan fingerprint density at radius 2 is 2.24 bits per heavy atom. The van der Waals surface area contributed by atoms with E-state index in [1.165, 1.54) is 16.7 Å². The summed E-state index contributed by atoms with van der Waals surface area (Å²) in [6.07, 6.45) is 8.53. The molecule has 4 heteroatoms. The molecule has 0 saturated carbocycles. The fraction of sp³-hybridized carbons (Fsp3) is 0.154. The van der Waals surface area contributed by atoms with Gasteiger partial charge in [-0.05, 0) is 0 Å². The minimum atomic E-state index is 0.796. The Labute approximate surface area is 125 Å². The Morgan fingerprint density at radius 1 is 1.35 bits per heavy atom. The summed E-state index contributed by atoms with van der Waals surface area (Å²) in [4.78, 5) is 4.39. The molecule has 0 unspecified atom stereocenters. The van der Waals surface area contributed by atoms with Crippen molar-refractivity contribution in [3.8, 4) is 0 Å². The molecule has 0 radical (unpaired) electrons. The molecule has 0 fully saturated rings. The summed E-state index contributed by atoms with van der Waals surface area (Å²) in [5.41, 5.74) is 5.32. The van der Waals surface area contributed by atoms with Gasteiger partial charge in [0.25, 0.3) is 0 Å². The second-order valence-corrected chi connectivity index (χ2v) is 7.45. The van der Waals surface area contributed by atoms with Gasteiger partial charge in [0, 0.05) is 0 Å². The van der Waals surface area contributed by atoms with Crippen LogP contribution < -0.4 is 0 Å². The molecular weight excluding hydrogens is 468 g/mol. The summed E-state index contributed by atoms with van der Waals surface area (Å²) >= 11 is 4.34. The van der Waals surface area contributed by atoms with Crippen molar-refractivity contribution in [2.45, 2.75) is 12.8 Å². The third-order valence-corrected chi connectivity index (χ3v) is 4.62. The first kappa shape index (κ1) is 11.7. The summed E-state index contributed by atoms with van der Waals surface area (Å²) in [5, 5.41) is 0. The van der Waals surface area contributed by atoms with E-state index in [1.807, 2.05) is 6.33 Å². The van der Waals surface area contributed by atoms with Crippen molar-refractivity contribution >= 4 is 53.6 Å². The maximum absolute atomic E-state index is 4.39. The number of hydrogen-bond donors (Lipinski definition) is 0. The third kappa shape index (κ3) is 2.40. The van der Waals surface area contributed by atoms with Gasteiger partial charge in [-0.15, -0.1) is 0 Å². The van der Waals surface area contributed by atoms with E-state index >= 15 is 0 Å². The van der Waals surface area contributed by atoms with Crippen molar-refractivity contribution in [2.24, 2.45) is 0 Å². The van der Waals surface area contributed by atoms with Crippen LogP contribution in [0.5, 0.6) is 0 Å². The zero-order chi connectivity index (χ0) is 11.8. The first-order valence-corrected chi connectivity index (χ1v) is 8.31. The number of nitrogens with zero attached hydrogens (tertiary/aromatic N) is 2. The molecule has 0 spiro atoms. The predicted molar refractivity (Wildman–Crippen MR) is 73.7 cm³/mol. The van der Waals surface area contributed by atoms with E-state index < -0.39 is 0 Å². The van der Waals surface area contributed by atoms with Gasteiger partial charge in [0.15, 0.2) is 0 Å². The van der Waals surface area contributed by atoms with Crippen LogP contribution in [-0.2, 0) is 6.42 Å². The Kier molecular flexibility index (Phi) is 3.21. The van der Waals surface area contributed by atoms with Crippen LogP contribution in [0.25, 0.3) is 11.6 Å². The zero-order valence-electron chi connectivity index (χ0n) is 9.23. The summed E-state index contributed by atoms with van der Waals surface area (Å²) in [6, 6.07) is 6.55. The van der Waals surface area contributed by atoms with Crippen LogP contribution in [0.1, 0.15) is 23.2 Å². The predicted octanol–water partition coefficient (Wildman–Crippen LogP) is 3.06. The van der Waals surface area contributed by atoms with Gasteiger partial charge in [0.1, 0.15) is 0 Å². The summed E-state index contributed by atoms with van der Waals surface area (Å²) < 4.78 is 3.29. The van der Waals surface area contributed by atoms with Gasteiger partial charge in [0.2, 0.25) is 0 Å². The van der Waals surface area contributed by atoms with Gasteiger partial charge < -0.3 is 0 Å². The van der Waals surface area contributed by atoms with E-state index in [9.17, 15) is 0 Å². The molecule has 1 heterocycles. The number of rotatable bonds is 1. The number of aromatic nitrogens is 2. The van der Waals surface area contributed by atoms with Gasteiger partial charge in [0.05, 0.1) is 0 Å². The number of aryl methyl sites for hydroxylation is 1. The maximum atomic E-state index is 4.39. The Morgan fingerprint density at radius 3 is 3.00 bits per heavy atom. The Hall–Kier alpha value is -0.428. The molecule has 2 nitrogen and oxygen atoms in total. The molecule has 1 aromatic heterocycles. The van der Waals surface area contributed by atoms with Gasteiger partial charge in [-0.1, -0.05) is 0 Å². The van der Waals surface area contributed by atoms with E-state index in [-0.39, 0.29) is 0 Å². The normalized spacial score (nSPS) is 16.4. The molecule has 17 heavy (non-hydrogen) atoms. The fourth-order valence-electron chi connectivity index (χ4n) is 2.23. The van der Waals surface area contributed by atoms with Crippen molar-refractivity contribution in [3.63, 3.8) is 0 Å². The molecule has 2 aromatic rings. The van der Waals surface area contributed by atoms with Crippen LogP contribution in [0.3, 0.4) is 0 Å². The van der Waals surface area contributed by atoms with Gasteiger partial charge in [-0.25, -0.2) is 0 Å². The molecule has 0 saturated heterocycles. The number of fused-ring (bicyclic) bond motifs is 1.